The molecule has 0 saturated heterocycles. The molecule has 27 heavy (non-hydrogen) atoms. The summed E-state index contributed by atoms with van der Waals surface area (Å²) in [4.78, 5) is 14.1. The van der Waals surface area contributed by atoms with Crippen LogP contribution in [0.1, 0.15) is 25.2 Å². The number of thioether (sulfide) groups is 1. The van der Waals surface area contributed by atoms with Gasteiger partial charge in [-0.2, -0.15) is 0 Å². The molecule has 4 nitrogen and oxygen atoms in total. The number of hydrogen-bond donors (Lipinski definition) is 1. The van der Waals surface area contributed by atoms with Gasteiger partial charge in [0, 0.05) is 18.0 Å². The SMILES string of the molecule is C/C=C(/C=C(/C)SC)C(C=C(N)c1ncccn1)=NCc1ccccc1F. The Hall–Kier alpha value is -2.73. The van der Waals surface area contributed by atoms with Crippen molar-refractivity contribution in [3.8, 4) is 0 Å². The molecular weight excluding hydrogens is 359 g/mol. The zero-order chi connectivity index (χ0) is 19.6. The van der Waals surface area contributed by atoms with E-state index in [9.17, 15) is 4.39 Å². The normalized spacial score (nSPS) is 13.8. The molecule has 0 aliphatic heterocycles. The Morgan fingerprint density at radius 2 is 1.89 bits per heavy atom. The van der Waals surface area contributed by atoms with E-state index < -0.39 is 0 Å². The first kappa shape index (κ1) is 20.6. The molecule has 0 fully saturated rings. The van der Waals surface area contributed by atoms with E-state index in [0.717, 1.165) is 10.5 Å². The summed E-state index contributed by atoms with van der Waals surface area (Å²) >= 11 is 1.65. The Labute approximate surface area is 163 Å². The van der Waals surface area contributed by atoms with Gasteiger partial charge in [0.1, 0.15) is 5.82 Å². The van der Waals surface area contributed by atoms with Gasteiger partial charge in [-0.05, 0) is 54.9 Å². The van der Waals surface area contributed by atoms with E-state index in [1.165, 1.54) is 6.07 Å². The van der Waals surface area contributed by atoms with Crippen molar-refractivity contribution in [1.29, 1.82) is 0 Å². The maximum Gasteiger partial charge on any atom is 0.175 e. The summed E-state index contributed by atoms with van der Waals surface area (Å²) in [6, 6.07) is 8.34. The molecule has 2 N–H and O–H groups in total. The van der Waals surface area contributed by atoms with Crippen molar-refractivity contribution < 1.29 is 4.39 Å². The second-order valence-corrected chi connectivity index (χ2v) is 6.72. The third kappa shape index (κ3) is 6.18. The fourth-order valence-corrected chi connectivity index (χ4v) is 2.51. The highest BCUT2D eigenvalue weighted by atomic mass is 32.2. The molecule has 0 bridgehead atoms. The van der Waals surface area contributed by atoms with E-state index in [2.05, 4.69) is 15.0 Å². The molecule has 2 rings (SSSR count). The smallest absolute Gasteiger partial charge is 0.175 e. The van der Waals surface area contributed by atoms with Crippen LogP contribution in [-0.2, 0) is 6.54 Å². The Morgan fingerprint density at radius 1 is 1.19 bits per heavy atom. The highest BCUT2D eigenvalue weighted by molar-refractivity contribution is 8.02. The lowest BCUT2D eigenvalue weighted by molar-refractivity contribution is 0.611. The van der Waals surface area contributed by atoms with Crippen molar-refractivity contribution in [3.05, 3.63) is 88.6 Å². The lowest BCUT2D eigenvalue weighted by Crippen LogP contribution is -2.07. The zero-order valence-corrected chi connectivity index (χ0v) is 16.5. The highest BCUT2D eigenvalue weighted by Crippen LogP contribution is 2.17. The largest absolute Gasteiger partial charge is 0.396 e. The molecule has 0 aliphatic carbocycles. The number of benzene rings is 1. The van der Waals surface area contributed by atoms with Crippen LogP contribution in [0.4, 0.5) is 4.39 Å². The summed E-state index contributed by atoms with van der Waals surface area (Å²) in [6.07, 6.45) is 11.0. The first-order valence-electron chi connectivity index (χ1n) is 8.46. The van der Waals surface area contributed by atoms with Crippen molar-refractivity contribution in [3.63, 3.8) is 0 Å². The van der Waals surface area contributed by atoms with E-state index in [4.69, 9.17) is 5.73 Å². The monoisotopic (exact) mass is 382 g/mol. The second kappa shape index (κ2) is 10.4. The van der Waals surface area contributed by atoms with Crippen molar-refractivity contribution in [1.82, 2.24) is 9.97 Å². The third-order valence-corrected chi connectivity index (χ3v) is 4.54. The van der Waals surface area contributed by atoms with Crippen LogP contribution in [0.25, 0.3) is 5.70 Å². The molecule has 0 saturated carbocycles. The van der Waals surface area contributed by atoms with Crippen molar-refractivity contribution in [2.75, 3.05) is 6.26 Å². The predicted octanol–water partition coefficient (Wildman–Crippen LogP) is 4.77. The summed E-state index contributed by atoms with van der Waals surface area (Å²) in [6.45, 7) is 4.17. The quantitative estimate of drug-likeness (QED) is 0.553. The molecule has 2 aromatic rings. The lowest BCUT2D eigenvalue weighted by Gasteiger charge is -2.08. The van der Waals surface area contributed by atoms with Crippen molar-refractivity contribution in [2.45, 2.75) is 20.4 Å². The average molecular weight is 383 g/mol. The molecule has 0 aliphatic rings. The van der Waals surface area contributed by atoms with Crippen molar-refractivity contribution in [2.24, 2.45) is 10.7 Å². The van der Waals surface area contributed by atoms with E-state index >= 15 is 0 Å². The Balaban J connectivity index is 2.44. The molecule has 6 heteroatoms. The van der Waals surface area contributed by atoms with Crippen LogP contribution in [-0.4, -0.2) is 21.9 Å². The van der Waals surface area contributed by atoms with Gasteiger partial charge in [-0.1, -0.05) is 24.3 Å². The fourth-order valence-electron chi connectivity index (χ4n) is 2.26. The van der Waals surface area contributed by atoms with Crippen LogP contribution < -0.4 is 5.73 Å². The molecule has 0 atom stereocenters. The minimum absolute atomic E-state index is 0.213. The summed E-state index contributed by atoms with van der Waals surface area (Å²) < 4.78 is 14.0. The highest BCUT2D eigenvalue weighted by Gasteiger charge is 2.07. The van der Waals surface area contributed by atoms with Gasteiger partial charge in [-0.25, -0.2) is 14.4 Å². The van der Waals surface area contributed by atoms with Crippen LogP contribution >= 0.6 is 11.8 Å². The first-order chi connectivity index (χ1) is 13.0. The summed E-state index contributed by atoms with van der Waals surface area (Å²) in [5.74, 6) is 0.152. The standard InChI is InChI=1S/C21H23FN4S/c1-4-16(12-15(2)27-3)20(13-19(23)21-24-10-7-11-25-21)26-14-17-8-5-6-9-18(17)22/h4-13H,14,23H2,1-3H3/b15-12-,16-4-,19-13?,26-20?. The van der Waals surface area contributed by atoms with Gasteiger partial charge in [0.25, 0.3) is 0 Å². The van der Waals surface area contributed by atoms with Gasteiger partial charge in [0.05, 0.1) is 18.0 Å². The van der Waals surface area contributed by atoms with E-state index in [-0.39, 0.29) is 12.4 Å². The van der Waals surface area contributed by atoms with Gasteiger partial charge in [-0.3, -0.25) is 4.99 Å². The van der Waals surface area contributed by atoms with Crippen molar-refractivity contribution >= 4 is 23.2 Å². The summed E-state index contributed by atoms with van der Waals surface area (Å²) in [7, 11) is 0. The fraction of sp³-hybridized carbons (Fsp3) is 0.190. The summed E-state index contributed by atoms with van der Waals surface area (Å²) in [5.41, 5.74) is 8.66. The van der Waals surface area contributed by atoms with E-state index in [1.807, 2.05) is 32.3 Å². The molecule has 0 amide bonds. The zero-order valence-electron chi connectivity index (χ0n) is 15.7. The molecule has 0 unspecified atom stereocenters. The molecule has 1 aromatic carbocycles. The minimum Gasteiger partial charge on any atom is -0.396 e. The topological polar surface area (TPSA) is 64.2 Å². The summed E-state index contributed by atoms with van der Waals surface area (Å²) in [5, 5.41) is 0. The molecule has 1 aromatic heterocycles. The molecule has 0 spiro atoms. The van der Waals surface area contributed by atoms with Crippen LogP contribution in [0.15, 0.2) is 76.4 Å². The lowest BCUT2D eigenvalue weighted by atomic mass is 10.1. The van der Waals surface area contributed by atoms with Gasteiger partial charge < -0.3 is 5.73 Å². The van der Waals surface area contributed by atoms with E-state index in [0.29, 0.717) is 22.8 Å². The van der Waals surface area contributed by atoms with Crippen LogP contribution in [0, 0.1) is 5.82 Å². The second-order valence-electron chi connectivity index (χ2n) is 5.67. The van der Waals surface area contributed by atoms with E-state index in [1.54, 1.807) is 54.5 Å². The number of rotatable bonds is 7. The Kier molecular flexibility index (Phi) is 7.95. The number of nitrogens with zero attached hydrogens (tertiary/aromatic N) is 3. The average Bonchev–Trinajstić information content (AvgIpc) is 2.70. The number of hydrogen-bond acceptors (Lipinski definition) is 5. The number of aliphatic imine (C=N–C) groups is 1. The number of allylic oxidation sites excluding steroid dienone is 5. The third-order valence-electron chi connectivity index (χ3n) is 3.78. The number of aromatic nitrogens is 2. The molecular formula is C21H23FN4S. The number of halogens is 1. The number of nitrogens with two attached hydrogens (primary N) is 1. The Bertz CT molecular complexity index is 886. The molecule has 1 heterocycles. The van der Waals surface area contributed by atoms with Gasteiger partial charge in [0.15, 0.2) is 5.82 Å². The van der Waals surface area contributed by atoms with Crippen LogP contribution in [0.2, 0.25) is 0 Å². The van der Waals surface area contributed by atoms with Crippen LogP contribution in [0.3, 0.4) is 0 Å². The predicted molar refractivity (Wildman–Crippen MR) is 113 cm³/mol. The van der Waals surface area contributed by atoms with Gasteiger partial charge >= 0.3 is 0 Å². The maximum atomic E-state index is 14.0. The molecule has 0 radical (unpaired) electrons. The molecule has 140 valence electrons. The van der Waals surface area contributed by atoms with Crippen LogP contribution in [0.5, 0.6) is 0 Å². The maximum absolute atomic E-state index is 14.0. The van der Waals surface area contributed by atoms with Gasteiger partial charge in [-0.15, -0.1) is 11.8 Å². The Morgan fingerprint density at radius 3 is 2.52 bits per heavy atom. The first-order valence-corrected chi connectivity index (χ1v) is 9.69. The minimum atomic E-state index is -0.276. The van der Waals surface area contributed by atoms with Gasteiger partial charge in [0.2, 0.25) is 0 Å².